The van der Waals surface area contributed by atoms with Gasteiger partial charge in [-0.1, -0.05) is 44.5 Å². The summed E-state index contributed by atoms with van der Waals surface area (Å²) in [4.78, 5) is 0. The second-order valence-electron chi connectivity index (χ2n) is 6.13. The van der Waals surface area contributed by atoms with E-state index in [4.69, 9.17) is 5.11 Å². The van der Waals surface area contributed by atoms with Crippen LogP contribution in [0.4, 0.5) is 0 Å². The van der Waals surface area contributed by atoms with E-state index in [0.29, 0.717) is 11.3 Å². The highest BCUT2D eigenvalue weighted by Gasteiger charge is 2.29. The van der Waals surface area contributed by atoms with E-state index in [2.05, 4.69) is 38.1 Å². The molecule has 1 nitrogen and oxygen atoms in total. The zero-order valence-electron chi connectivity index (χ0n) is 11.1. The van der Waals surface area contributed by atoms with Crippen LogP contribution in [0.1, 0.15) is 56.6 Å². The van der Waals surface area contributed by atoms with E-state index in [9.17, 15) is 0 Å². The molecule has 0 bridgehead atoms. The Balaban J connectivity index is 2.21. The lowest BCUT2D eigenvalue weighted by Gasteiger charge is -2.36. The summed E-state index contributed by atoms with van der Waals surface area (Å²) in [7, 11) is 0. The summed E-state index contributed by atoms with van der Waals surface area (Å²) in [6, 6.07) is 8.66. The normalized spacial score (nSPS) is 23.6. The summed E-state index contributed by atoms with van der Waals surface area (Å²) in [5, 5.41) is 9.15. The Morgan fingerprint density at radius 3 is 2.76 bits per heavy atom. The van der Waals surface area contributed by atoms with Crippen LogP contribution >= 0.6 is 0 Å². The first-order valence-electron chi connectivity index (χ1n) is 6.81. The minimum absolute atomic E-state index is 0.257. The van der Waals surface area contributed by atoms with Gasteiger partial charge < -0.3 is 5.11 Å². The summed E-state index contributed by atoms with van der Waals surface area (Å²) >= 11 is 0. The van der Waals surface area contributed by atoms with Crippen LogP contribution in [0.25, 0.3) is 0 Å². The van der Waals surface area contributed by atoms with E-state index in [1.165, 1.54) is 36.8 Å². The maximum Gasteiger partial charge on any atom is 0.0471 e. The van der Waals surface area contributed by atoms with E-state index in [-0.39, 0.29) is 6.61 Å². The maximum absolute atomic E-state index is 9.15. The van der Waals surface area contributed by atoms with E-state index in [0.717, 1.165) is 6.42 Å². The third-order valence-corrected chi connectivity index (χ3v) is 4.08. The van der Waals surface area contributed by atoms with Crippen molar-refractivity contribution in [3.05, 3.63) is 35.4 Å². The first kappa shape index (κ1) is 12.6. The third kappa shape index (κ3) is 3.10. The molecule has 1 N–H and O–H groups in total. The molecular formula is C16H24O. The SMILES string of the molecule is CC1(C)CCCC(c2ccccc2CCO)C1. The first-order valence-corrected chi connectivity index (χ1v) is 6.81. The number of hydrogen-bond acceptors (Lipinski definition) is 1. The quantitative estimate of drug-likeness (QED) is 0.838. The highest BCUT2D eigenvalue weighted by atomic mass is 16.2. The zero-order chi connectivity index (χ0) is 12.3. The summed E-state index contributed by atoms with van der Waals surface area (Å²) in [6.45, 7) is 5.02. The van der Waals surface area contributed by atoms with Gasteiger partial charge in [-0.15, -0.1) is 0 Å². The lowest BCUT2D eigenvalue weighted by molar-refractivity contribution is 0.218. The maximum atomic E-state index is 9.15. The largest absolute Gasteiger partial charge is 0.396 e. The van der Waals surface area contributed by atoms with Crippen LogP contribution in [-0.2, 0) is 6.42 Å². The molecule has 17 heavy (non-hydrogen) atoms. The Morgan fingerprint density at radius 2 is 2.06 bits per heavy atom. The molecule has 2 rings (SSSR count). The smallest absolute Gasteiger partial charge is 0.0471 e. The lowest BCUT2D eigenvalue weighted by Crippen LogP contribution is -2.22. The fourth-order valence-corrected chi connectivity index (χ4v) is 3.24. The molecule has 94 valence electrons. The van der Waals surface area contributed by atoms with Gasteiger partial charge in [-0.25, -0.2) is 0 Å². The van der Waals surface area contributed by atoms with Gasteiger partial charge in [-0.05, 0) is 48.1 Å². The van der Waals surface area contributed by atoms with Crippen LogP contribution in [0.3, 0.4) is 0 Å². The molecule has 0 saturated heterocycles. The molecule has 1 aromatic rings. The molecule has 0 heterocycles. The van der Waals surface area contributed by atoms with Crippen LogP contribution in [0, 0.1) is 5.41 Å². The predicted octanol–water partition coefficient (Wildman–Crippen LogP) is 3.91. The number of aliphatic hydroxyl groups is 1. The molecule has 1 aliphatic rings. The summed E-state index contributed by atoms with van der Waals surface area (Å²) < 4.78 is 0. The van der Waals surface area contributed by atoms with Crippen molar-refractivity contribution in [2.75, 3.05) is 6.61 Å². The van der Waals surface area contributed by atoms with Crippen LogP contribution in [0.5, 0.6) is 0 Å². The summed E-state index contributed by atoms with van der Waals surface area (Å²) in [5.74, 6) is 0.696. The van der Waals surface area contributed by atoms with Crippen LogP contribution in [-0.4, -0.2) is 11.7 Å². The molecule has 0 spiro atoms. The van der Waals surface area contributed by atoms with E-state index in [1.807, 2.05) is 0 Å². The topological polar surface area (TPSA) is 20.2 Å². The Hall–Kier alpha value is -0.820. The monoisotopic (exact) mass is 232 g/mol. The molecule has 1 aromatic carbocycles. The number of aliphatic hydroxyl groups excluding tert-OH is 1. The Kier molecular flexibility index (Phi) is 3.88. The molecule has 1 aliphatic carbocycles. The van der Waals surface area contributed by atoms with E-state index < -0.39 is 0 Å². The molecule has 1 heteroatoms. The van der Waals surface area contributed by atoms with Gasteiger partial charge in [0.25, 0.3) is 0 Å². The standard InChI is InChI=1S/C16H24O/c1-16(2)10-5-7-14(12-16)15-8-4-3-6-13(15)9-11-17/h3-4,6,8,14,17H,5,7,9-12H2,1-2H3. The minimum Gasteiger partial charge on any atom is -0.396 e. The summed E-state index contributed by atoms with van der Waals surface area (Å²) in [5.41, 5.74) is 3.31. The molecule has 0 radical (unpaired) electrons. The fourth-order valence-electron chi connectivity index (χ4n) is 3.24. The molecular weight excluding hydrogens is 208 g/mol. The molecule has 0 amide bonds. The zero-order valence-corrected chi connectivity index (χ0v) is 11.1. The van der Waals surface area contributed by atoms with Gasteiger partial charge in [0, 0.05) is 6.61 Å². The Bertz CT molecular complexity index is 368. The number of benzene rings is 1. The average molecular weight is 232 g/mol. The van der Waals surface area contributed by atoms with Crippen molar-refractivity contribution < 1.29 is 5.11 Å². The third-order valence-electron chi connectivity index (χ3n) is 4.08. The van der Waals surface area contributed by atoms with Crippen molar-refractivity contribution in [2.45, 2.75) is 51.9 Å². The van der Waals surface area contributed by atoms with Gasteiger partial charge in [0.15, 0.2) is 0 Å². The van der Waals surface area contributed by atoms with Crippen LogP contribution < -0.4 is 0 Å². The van der Waals surface area contributed by atoms with Gasteiger partial charge in [0.1, 0.15) is 0 Å². The molecule has 0 aromatic heterocycles. The van der Waals surface area contributed by atoms with Gasteiger partial charge in [0.05, 0.1) is 0 Å². The summed E-state index contributed by atoms with van der Waals surface area (Å²) in [6.07, 6.45) is 6.09. The Morgan fingerprint density at radius 1 is 1.29 bits per heavy atom. The number of hydrogen-bond donors (Lipinski definition) is 1. The van der Waals surface area contributed by atoms with Gasteiger partial charge >= 0.3 is 0 Å². The highest BCUT2D eigenvalue weighted by molar-refractivity contribution is 5.31. The first-order chi connectivity index (χ1) is 8.12. The van der Waals surface area contributed by atoms with E-state index in [1.54, 1.807) is 0 Å². The Labute approximate surface area is 105 Å². The fraction of sp³-hybridized carbons (Fsp3) is 0.625. The molecule has 1 unspecified atom stereocenters. The molecule has 0 aliphatic heterocycles. The molecule has 1 saturated carbocycles. The van der Waals surface area contributed by atoms with Crippen LogP contribution in [0.15, 0.2) is 24.3 Å². The highest BCUT2D eigenvalue weighted by Crippen LogP contribution is 2.44. The van der Waals surface area contributed by atoms with Crippen molar-refractivity contribution in [1.29, 1.82) is 0 Å². The molecule has 1 atom stereocenters. The van der Waals surface area contributed by atoms with Crippen molar-refractivity contribution in [3.63, 3.8) is 0 Å². The minimum atomic E-state index is 0.257. The van der Waals surface area contributed by atoms with Gasteiger partial charge in [0.2, 0.25) is 0 Å². The van der Waals surface area contributed by atoms with E-state index >= 15 is 0 Å². The lowest BCUT2D eigenvalue weighted by atomic mass is 9.69. The second kappa shape index (κ2) is 5.22. The predicted molar refractivity (Wildman–Crippen MR) is 72.2 cm³/mol. The number of rotatable bonds is 3. The molecule has 1 fully saturated rings. The van der Waals surface area contributed by atoms with Crippen molar-refractivity contribution in [3.8, 4) is 0 Å². The van der Waals surface area contributed by atoms with Crippen molar-refractivity contribution in [1.82, 2.24) is 0 Å². The van der Waals surface area contributed by atoms with Gasteiger partial charge in [-0.2, -0.15) is 0 Å². The van der Waals surface area contributed by atoms with Crippen molar-refractivity contribution >= 4 is 0 Å². The van der Waals surface area contributed by atoms with Crippen molar-refractivity contribution in [2.24, 2.45) is 5.41 Å². The second-order valence-corrected chi connectivity index (χ2v) is 6.13. The average Bonchev–Trinajstić information content (AvgIpc) is 2.29. The van der Waals surface area contributed by atoms with Crippen LogP contribution in [0.2, 0.25) is 0 Å². The van der Waals surface area contributed by atoms with Gasteiger partial charge in [-0.3, -0.25) is 0 Å².